The van der Waals surface area contributed by atoms with Crippen molar-refractivity contribution < 1.29 is 19.4 Å². The zero-order valence-electron chi connectivity index (χ0n) is 21.9. The fourth-order valence-corrected chi connectivity index (χ4v) is 6.71. The number of primary amides is 1. The summed E-state index contributed by atoms with van der Waals surface area (Å²) in [5.41, 5.74) is 8.58. The zero-order chi connectivity index (χ0) is 26.9. The van der Waals surface area contributed by atoms with E-state index in [2.05, 4.69) is 4.90 Å². The maximum Gasteiger partial charge on any atom is 0.407 e. The number of benzene rings is 2. The van der Waals surface area contributed by atoms with E-state index in [-0.39, 0.29) is 0 Å². The van der Waals surface area contributed by atoms with Gasteiger partial charge in [-0.2, -0.15) is 0 Å². The quantitative estimate of drug-likeness (QED) is 0.457. The van der Waals surface area contributed by atoms with E-state index in [0.717, 1.165) is 55.8 Å². The molecule has 2 saturated heterocycles. The minimum Gasteiger partial charge on any atom is -0.465 e. The van der Waals surface area contributed by atoms with Crippen LogP contribution in [-0.2, 0) is 0 Å². The van der Waals surface area contributed by atoms with Gasteiger partial charge in [-0.15, -0.1) is 0 Å². The van der Waals surface area contributed by atoms with Crippen molar-refractivity contribution >= 4 is 12.0 Å². The van der Waals surface area contributed by atoms with Crippen LogP contribution in [0.4, 0.5) is 4.79 Å². The molecule has 0 bridgehead atoms. The molecule has 3 atom stereocenters. The van der Waals surface area contributed by atoms with Gasteiger partial charge in [0.25, 0.3) is 5.91 Å². The molecule has 6 rings (SSSR count). The third kappa shape index (κ3) is 5.34. The van der Waals surface area contributed by atoms with Gasteiger partial charge in [0, 0.05) is 36.3 Å². The number of rotatable bonds is 6. The molecule has 8 nitrogen and oxygen atoms in total. The first-order valence-electron chi connectivity index (χ1n) is 13.8. The molecule has 2 aromatic carbocycles. The monoisotopic (exact) mass is 526 g/mol. The first-order valence-corrected chi connectivity index (χ1v) is 13.8. The highest BCUT2D eigenvalue weighted by Crippen LogP contribution is 2.42. The summed E-state index contributed by atoms with van der Waals surface area (Å²) < 4.78 is 5.91. The number of likely N-dealkylation sites (tertiary alicyclic amines) is 2. The molecule has 1 aromatic heterocycles. The molecule has 39 heavy (non-hydrogen) atoms. The maximum atomic E-state index is 12.2. The zero-order valence-corrected chi connectivity index (χ0v) is 21.9. The molecular formula is C31H34N4O4. The van der Waals surface area contributed by atoms with Crippen molar-refractivity contribution in [2.45, 2.75) is 37.6 Å². The summed E-state index contributed by atoms with van der Waals surface area (Å²) in [6.07, 6.45) is 3.43. The Balaban J connectivity index is 1.12. The normalized spacial score (nSPS) is 23.5. The third-order valence-electron chi connectivity index (χ3n) is 8.75. The molecule has 1 saturated carbocycles. The number of carboxylic acid groups (broad SMARTS) is 1. The molecule has 2 unspecified atom stereocenters. The molecule has 2 aliphatic heterocycles. The summed E-state index contributed by atoms with van der Waals surface area (Å²) in [5.74, 6) is 2.30. The van der Waals surface area contributed by atoms with E-state index in [1.807, 2.05) is 66.7 Å². The Kier molecular flexibility index (Phi) is 6.95. The number of aromatic nitrogens is 1. The number of amides is 2. The lowest BCUT2D eigenvalue weighted by Gasteiger charge is -2.36. The van der Waals surface area contributed by atoms with E-state index in [1.165, 1.54) is 0 Å². The van der Waals surface area contributed by atoms with Crippen LogP contribution in [0.15, 0.2) is 66.7 Å². The van der Waals surface area contributed by atoms with Crippen molar-refractivity contribution in [3.8, 4) is 22.8 Å². The van der Waals surface area contributed by atoms with Crippen molar-refractivity contribution in [2.75, 3.05) is 26.2 Å². The summed E-state index contributed by atoms with van der Waals surface area (Å²) in [7, 11) is 0. The average Bonchev–Trinajstić information content (AvgIpc) is 3.54. The lowest BCUT2D eigenvalue weighted by Crippen LogP contribution is -2.41. The van der Waals surface area contributed by atoms with E-state index >= 15 is 0 Å². The predicted octanol–water partition coefficient (Wildman–Crippen LogP) is 5.21. The summed E-state index contributed by atoms with van der Waals surface area (Å²) in [4.78, 5) is 32.7. The number of nitrogens with two attached hydrogens (primary N) is 1. The van der Waals surface area contributed by atoms with Gasteiger partial charge in [0.15, 0.2) is 0 Å². The maximum absolute atomic E-state index is 12.2. The Morgan fingerprint density at radius 1 is 0.872 bits per heavy atom. The van der Waals surface area contributed by atoms with Gasteiger partial charge in [0.2, 0.25) is 0 Å². The van der Waals surface area contributed by atoms with Crippen LogP contribution in [-0.4, -0.2) is 64.1 Å². The fourth-order valence-electron chi connectivity index (χ4n) is 6.71. The second-order valence-corrected chi connectivity index (χ2v) is 11.1. The number of carbonyl (C=O) groups excluding carboxylic acids is 1. The Morgan fingerprint density at radius 2 is 1.51 bits per heavy atom. The molecule has 3 heterocycles. The fraction of sp³-hybridized carbons (Fsp3) is 0.387. The standard InChI is InChI=1S/C31H34N4O4/c32-30(36)27-10-11-28(33-29(27)21-6-8-26(9-7-21)39-25-4-2-1-3-5-25)20-12-14-34(15-13-20)24-16-22-18-35(31(37)38)19-23(22)17-24/h1-11,20,22-24H,12-19H2,(H2,32,36)(H,37,38)/t22-,23?,24?/m0/s1. The summed E-state index contributed by atoms with van der Waals surface area (Å²) in [6, 6.07) is 21.5. The van der Waals surface area contributed by atoms with Crippen molar-refractivity contribution in [3.05, 3.63) is 78.0 Å². The number of fused-ring (bicyclic) bond motifs is 1. The lowest BCUT2D eigenvalue weighted by molar-refractivity contribution is 0.100. The first kappa shape index (κ1) is 25.4. The molecular weight excluding hydrogens is 492 g/mol. The van der Waals surface area contributed by atoms with Gasteiger partial charge < -0.3 is 25.4 Å². The van der Waals surface area contributed by atoms with Crippen LogP contribution in [0.25, 0.3) is 11.3 Å². The Bertz CT molecular complexity index is 1320. The van der Waals surface area contributed by atoms with Gasteiger partial charge in [0.1, 0.15) is 11.5 Å². The van der Waals surface area contributed by atoms with Crippen molar-refractivity contribution in [1.29, 1.82) is 0 Å². The Hall–Kier alpha value is -3.91. The number of piperidine rings is 1. The number of ether oxygens (including phenoxy) is 1. The molecule has 8 heteroatoms. The SMILES string of the molecule is NC(=O)c1ccc(C2CCN(C3CC4CN(C(=O)O)C[C@@H]4C3)CC2)nc1-c1ccc(Oc2ccccc2)cc1. The van der Waals surface area contributed by atoms with Crippen LogP contribution >= 0.6 is 0 Å². The van der Waals surface area contributed by atoms with Gasteiger partial charge in [-0.1, -0.05) is 18.2 Å². The largest absolute Gasteiger partial charge is 0.465 e. The molecule has 0 radical (unpaired) electrons. The molecule has 202 valence electrons. The molecule has 2 amide bonds. The predicted molar refractivity (Wildman–Crippen MR) is 148 cm³/mol. The Morgan fingerprint density at radius 3 is 2.13 bits per heavy atom. The molecule has 3 N–H and O–H groups in total. The van der Waals surface area contributed by atoms with Gasteiger partial charge in [-0.05, 0) is 99.1 Å². The van der Waals surface area contributed by atoms with Crippen molar-refractivity contribution in [1.82, 2.24) is 14.8 Å². The van der Waals surface area contributed by atoms with Crippen molar-refractivity contribution in [3.63, 3.8) is 0 Å². The van der Waals surface area contributed by atoms with Crippen molar-refractivity contribution in [2.24, 2.45) is 17.6 Å². The lowest BCUT2D eigenvalue weighted by atomic mass is 9.91. The highest BCUT2D eigenvalue weighted by Gasteiger charge is 2.44. The third-order valence-corrected chi connectivity index (χ3v) is 8.75. The number of hydrogen-bond acceptors (Lipinski definition) is 5. The molecule has 3 fully saturated rings. The minimum atomic E-state index is -0.785. The number of carbonyl (C=O) groups is 2. The van der Waals surface area contributed by atoms with E-state index in [0.29, 0.717) is 53.9 Å². The molecule has 0 spiro atoms. The number of nitrogens with zero attached hydrogens (tertiary/aromatic N) is 3. The number of para-hydroxylation sites is 1. The van der Waals surface area contributed by atoms with E-state index < -0.39 is 12.0 Å². The van der Waals surface area contributed by atoms with E-state index in [1.54, 1.807) is 4.90 Å². The summed E-state index contributed by atoms with van der Waals surface area (Å²) in [5, 5.41) is 9.31. The van der Waals surface area contributed by atoms with Gasteiger partial charge in [0.05, 0.1) is 11.3 Å². The number of pyridine rings is 1. The van der Waals surface area contributed by atoms with Gasteiger partial charge in [-0.25, -0.2) is 4.79 Å². The van der Waals surface area contributed by atoms with Gasteiger partial charge in [-0.3, -0.25) is 9.78 Å². The average molecular weight is 527 g/mol. The van der Waals surface area contributed by atoms with Crippen LogP contribution in [0.5, 0.6) is 11.5 Å². The van der Waals surface area contributed by atoms with Gasteiger partial charge >= 0.3 is 6.09 Å². The van der Waals surface area contributed by atoms with E-state index in [4.69, 9.17) is 15.5 Å². The minimum absolute atomic E-state index is 0.325. The van der Waals surface area contributed by atoms with Crippen LogP contribution in [0.1, 0.15) is 47.7 Å². The second kappa shape index (κ2) is 10.7. The van der Waals surface area contributed by atoms with Crippen LogP contribution < -0.4 is 10.5 Å². The van der Waals surface area contributed by atoms with Crippen LogP contribution in [0, 0.1) is 11.8 Å². The topological polar surface area (TPSA) is 109 Å². The molecule has 3 aromatic rings. The highest BCUT2D eigenvalue weighted by molar-refractivity contribution is 5.98. The van der Waals surface area contributed by atoms with E-state index in [9.17, 15) is 14.7 Å². The summed E-state index contributed by atoms with van der Waals surface area (Å²) in [6.45, 7) is 3.39. The molecule has 3 aliphatic rings. The summed E-state index contributed by atoms with van der Waals surface area (Å²) >= 11 is 0. The smallest absolute Gasteiger partial charge is 0.407 e. The Labute approximate surface area is 228 Å². The molecule has 1 aliphatic carbocycles. The second-order valence-electron chi connectivity index (χ2n) is 11.1. The highest BCUT2D eigenvalue weighted by atomic mass is 16.5. The first-order chi connectivity index (χ1) is 18.9. The number of hydrogen-bond donors (Lipinski definition) is 2. The van der Waals surface area contributed by atoms with Crippen LogP contribution in [0.2, 0.25) is 0 Å². The van der Waals surface area contributed by atoms with Crippen LogP contribution in [0.3, 0.4) is 0 Å².